The SMILES string of the molecule is COc1ccc(OCCS(=O)(=O)Nc2ccc(-c3ccc(=O)[nH]n3)cc2)cc1. The van der Waals surface area contributed by atoms with Crippen molar-refractivity contribution in [3.05, 3.63) is 71.0 Å². The highest BCUT2D eigenvalue weighted by atomic mass is 32.2. The summed E-state index contributed by atoms with van der Waals surface area (Å²) in [5, 5.41) is 6.29. The van der Waals surface area contributed by atoms with Crippen molar-refractivity contribution in [2.75, 3.05) is 24.2 Å². The van der Waals surface area contributed by atoms with Gasteiger partial charge in [0.1, 0.15) is 23.9 Å². The van der Waals surface area contributed by atoms with E-state index in [4.69, 9.17) is 9.47 Å². The fourth-order valence-electron chi connectivity index (χ4n) is 2.39. The van der Waals surface area contributed by atoms with Gasteiger partial charge in [-0.05, 0) is 42.5 Å². The summed E-state index contributed by atoms with van der Waals surface area (Å²) in [4.78, 5) is 11.1. The van der Waals surface area contributed by atoms with Gasteiger partial charge in [0.25, 0.3) is 5.56 Å². The highest BCUT2D eigenvalue weighted by molar-refractivity contribution is 7.92. The minimum absolute atomic E-state index is 0.0149. The Morgan fingerprint density at radius 2 is 1.64 bits per heavy atom. The molecular weight excluding hydrogens is 382 g/mol. The lowest BCUT2D eigenvalue weighted by Crippen LogP contribution is -2.21. The van der Waals surface area contributed by atoms with E-state index in [9.17, 15) is 13.2 Å². The van der Waals surface area contributed by atoms with Gasteiger partial charge in [-0.2, -0.15) is 5.10 Å². The van der Waals surface area contributed by atoms with Crippen molar-refractivity contribution in [3.63, 3.8) is 0 Å². The molecule has 1 aromatic heterocycles. The van der Waals surface area contributed by atoms with E-state index in [1.165, 1.54) is 6.07 Å². The maximum atomic E-state index is 12.2. The normalized spacial score (nSPS) is 11.0. The van der Waals surface area contributed by atoms with Crippen LogP contribution in [-0.4, -0.2) is 38.1 Å². The molecule has 0 aliphatic rings. The molecule has 146 valence electrons. The number of aromatic amines is 1. The van der Waals surface area contributed by atoms with Crippen molar-refractivity contribution in [3.8, 4) is 22.8 Å². The molecule has 0 aliphatic carbocycles. The first-order valence-electron chi connectivity index (χ1n) is 8.39. The Bertz CT molecular complexity index is 1060. The summed E-state index contributed by atoms with van der Waals surface area (Å²) in [6.45, 7) is 0.0149. The maximum Gasteiger partial charge on any atom is 0.264 e. The van der Waals surface area contributed by atoms with Crippen LogP contribution in [0.1, 0.15) is 0 Å². The van der Waals surface area contributed by atoms with Crippen LogP contribution in [0.3, 0.4) is 0 Å². The number of hydrogen-bond donors (Lipinski definition) is 2. The monoisotopic (exact) mass is 401 g/mol. The molecule has 0 saturated heterocycles. The van der Waals surface area contributed by atoms with Crippen molar-refractivity contribution < 1.29 is 17.9 Å². The Labute approximate surface area is 162 Å². The van der Waals surface area contributed by atoms with Crippen LogP contribution >= 0.6 is 0 Å². The number of H-pyrrole nitrogens is 1. The highest BCUT2D eigenvalue weighted by Gasteiger charge is 2.11. The van der Waals surface area contributed by atoms with Gasteiger partial charge in [-0.1, -0.05) is 12.1 Å². The van der Waals surface area contributed by atoms with E-state index in [1.807, 2.05) is 0 Å². The van der Waals surface area contributed by atoms with Gasteiger partial charge in [0.2, 0.25) is 10.0 Å². The van der Waals surface area contributed by atoms with Gasteiger partial charge in [-0.25, -0.2) is 13.5 Å². The lowest BCUT2D eigenvalue weighted by Gasteiger charge is -2.10. The maximum absolute atomic E-state index is 12.2. The Morgan fingerprint density at radius 3 is 2.25 bits per heavy atom. The number of sulfonamides is 1. The second-order valence-electron chi connectivity index (χ2n) is 5.83. The molecule has 0 spiro atoms. The fraction of sp³-hybridized carbons (Fsp3) is 0.158. The zero-order chi connectivity index (χ0) is 20.0. The quantitative estimate of drug-likeness (QED) is 0.599. The predicted molar refractivity (Wildman–Crippen MR) is 106 cm³/mol. The lowest BCUT2D eigenvalue weighted by atomic mass is 10.1. The molecule has 2 N–H and O–H groups in total. The van der Waals surface area contributed by atoms with E-state index < -0.39 is 10.0 Å². The largest absolute Gasteiger partial charge is 0.497 e. The average Bonchev–Trinajstić information content (AvgIpc) is 2.69. The molecule has 0 amide bonds. The summed E-state index contributed by atoms with van der Waals surface area (Å²) < 4.78 is 37.5. The van der Waals surface area contributed by atoms with Crippen LogP contribution in [-0.2, 0) is 10.0 Å². The molecule has 28 heavy (non-hydrogen) atoms. The molecule has 0 bridgehead atoms. The van der Waals surface area contributed by atoms with Crippen LogP contribution in [0.2, 0.25) is 0 Å². The van der Waals surface area contributed by atoms with E-state index in [1.54, 1.807) is 61.7 Å². The summed E-state index contributed by atoms with van der Waals surface area (Å²) in [6, 6.07) is 16.6. The molecule has 3 rings (SSSR count). The smallest absolute Gasteiger partial charge is 0.264 e. The van der Waals surface area contributed by atoms with E-state index >= 15 is 0 Å². The average molecular weight is 401 g/mol. The molecule has 0 unspecified atom stereocenters. The Hall–Kier alpha value is -3.33. The van der Waals surface area contributed by atoms with Gasteiger partial charge in [0, 0.05) is 17.3 Å². The second-order valence-corrected chi connectivity index (χ2v) is 7.67. The molecule has 1 heterocycles. The highest BCUT2D eigenvalue weighted by Crippen LogP contribution is 2.19. The van der Waals surface area contributed by atoms with Crippen molar-refractivity contribution in [2.45, 2.75) is 0 Å². The van der Waals surface area contributed by atoms with Gasteiger partial charge < -0.3 is 9.47 Å². The zero-order valence-corrected chi connectivity index (χ0v) is 15.9. The number of rotatable bonds is 8. The van der Waals surface area contributed by atoms with Crippen LogP contribution in [0.25, 0.3) is 11.3 Å². The Balaban J connectivity index is 1.55. The predicted octanol–water partition coefficient (Wildman–Crippen LogP) is 2.27. The first kappa shape index (κ1) is 19.4. The zero-order valence-electron chi connectivity index (χ0n) is 15.1. The molecular formula is C19H19N3O5S. The summed E-state index contributed by atoms with van der Waals surface area (Å²) in [5.41, 5.74) is 1.48. The summed E-state index contributed by atoms with van der Waals surface area (Å²) in [5.74, 6) is 1.07. The van der Waals surface area contributed by atoms with Crippen molar-refractivity contribution >= 4 is 15.7 Å². The Morgan fingerprint density at radius 1 is 0.964 bits per heavy atom. The van der Waals surface area contributed by atoms with Crippen molar-refractivity contribution in [1.82, 2.24) is 10.2 Å². The number of nitrogens with zero attached hydrogens (tertiary/aromatic N) is 1. The molecule has 9 heteroatoms. The molecule has 3 aromatic rings. The minimum atomic E-state index is -3.56. The van der Waals surface area contributed by atoms with Crippen LogP contribution in [0.5, 0.6) is 11.5 Å². The third-order valence-electron chi connectivity index (χ3n) is 3.81. The first-order valence-corrected chi connectivity index (χ1v) is 10.0. The summed E-state index contributed by atoms with van der Waals surface area (Å²) >= 11 is 0. The number of hydrogen-bond acceptors (Lipinski definition) is 6. The molecule has 0 radical (unpaired) electrons. The fourth-order valence-corrected chi connectivity index (χ4v) is 3.29. The Kier molecular flexibility index (Phi) is 5.95. The van der Waals surface area contributed by atoms with E-state index in [2.05, 4.69) is 14.9 Å². The van der Waals surface area contributed by atoms with Crippen LogP contribution in [0, 0.1) is 0 Å². The standard InChI is InChI=1S/C19H19N3O5S/c1-26-16-6-8-17(9-7-16)27-12-13-28(24,25)22-15-4-2-14(3-5-15)18-10-11-19(23)21-20-18/h2-11,22H,12-13H2,1H3,(H,21,23). The van der Waals surface area contributed by atoms with Gasteiger partial charge >= 0.3 is 0 Å². The first-order chi connectivity index (χ1) is 13.4. The molecule has 8 nitrogen and oxygen atoms in total. The second kappa shape index (κ2) is 8.57. The van der Waals surface area contributed by atoms with Crippen LogP contribution in [0.4, 0.5) is 5.69 Å². The number of nitrogens with one attached hydrogen (secondary N) is 2. The minimum Gasteiger partial charge on any atom is -0.497 e. The van der Waals surface area contributed by atoms with Crippen molar-refractivity contribution in [1.29, 1.82) is 0 Å². The summed E-state index contributed by atoms with van der Waals surface area (Å²) in [6.07, 6.45) is 0. The molecule has 0 fully saturated rings. The molecule has 2 aromatic carbocycles. The van der Waals surface area contributed by atoms with Crippen LogP contribution < -0.4 is 19.8 Å². The van der Waals surface area contributed by atoms with Gasteiger partial charge in [0.15, 0.2) is 0 Å². The molecule has 0 atom stereocenters. The van der Waals surface area contributed by atoms with E-state index in [0.717, 1.165) is 5.56 Å². The van der Waals surface area contributed by atoms with Gasteiger partial charge in [0.05, 0.1) is 12.8 Å². The number of ether oxygens (including phenoxy) is 2. The van der Waals surface area contributed by atoms with Crippen molar-refractivity contribution in [2.24, 2.45) is 0 Å². The molecule has 0 saturated carbocycles. The lowest BCUT2D eigenvalue weighted by molar-refractivity contribution is 0.340. The third-order valence-corrected chi connectivity index (χ3v) is 5.06. The third kappa shape index (κ3) is 5.34. The topological polar surface area (TPSA) is 110 Å². The number of anilines is 1. The van der Waals surface area contributed by atoms with Gasteiger partial charge in [-0.3, -0.25) is 9.52 Å². The van der Waals surface area contributed by atoms with E-state index in [0.29, 0.717) is 22.9 Å². The van der Waals surface area contributed by atoms with Gasteiger partial charge in [-0.15, -0.1) is 0 Å². The summed E-state index contributed by atoms with van der Waals surface area (Å²) in [7, 11) is -2.00. The number of methoxy groups -OCH3 is 1. The van der Waals surface area contributed by atoms with Crippen LogP contribution in [0.15, 0.2) is 65.5 Å². The number of benzene rings is 2. The number of aromatic nitrogens is 2. The molecule has 0 aliphatic heterocycles. The van der Waals surface area contributed by atoms with E-state index in [-0.39, 0.29) is 17.9 Å².